The van der Waals surface area contributed by atoms with Crippen molar-refractivity contribution in [1.29, 1.82) is 0 Å². The molecule has 0 rings (SSSR count). The molecule has 0 aromatic carbocycles. The van der Waals surface area contributed by atoms with Gasteiger partial charge in [0, 0.05) is 28.3 Å². The molecule has 3 heteroatoms. The van der Waals surface area contributed by atoms with Crippen molar-refractivity contribution in [2.24, 2.45) is 5.73 Å². The topological polar surface area (TPSA) is 43.1 Å². The molecule has 2 N–H and O–H groups in total. The van der Waals surface area contributed by atoms with Gasteiger partial charge in [-0.15, -0.1) is 0 Å². The molecule has 0 aromatic rings. The lowest BCUT2D eigenvalue weighted by atomic mass is 10.2. The molecule has 2 nitrogen and oxygen atoms in total. The summed E-state index contributed by atoms with van der Waals surface area (Å²) in [5, 5.41) is 0. The molecule has 0 aromatic heterocycles. The summed E-state index contributed by atoms with van der Waals surface area (Å²) in [4.78, 5) is 0. The minimum Gasteiger partial charge on any atom is -0.328 e. The number of nitrogens with two attached hydrogens (primary N) is 1. The summed E-state index contributed by atoms with van der Waals surface area (Å²) >= 11 is 0. The van der Waals surface area contributed by atoms with Gasteiger partial charge in [0.2, 0.25) is 0 Å². The maximum atomic E-state index is 11.4. The van der Waals surface area contributed by atoms with E-state index in [2.05, 4.69) is 6.92 Å². The van der Waals surface area contributed by atoms with Crippen molar-refractivity contribution in [2.45, 2.75) is 52.0 Å². The van der Waals surface area contributed by atoms with Crippen LogP contribution in [0, 0.1) is 0 Å². The minimum absolute atomic E-state index is 0.257. The fourth-order valence-electron chi connectivity index (χ4n) is 1.18. The van der Waals surface area contributed by atoms with Gasteiger partial charge in [-0.05, 0) is 26.2 Å². The van der Waals surface area contributed by atoms with Crippen molar-refractivity contribution < 1.29 is 4.21 Å². The van der Waals surface area contributed by atoms with E-state index in [0.29, 0.717) is 0 Å². The highest BCUT2D eigenvalue weighted by Gasteiger charge is 2.00. The van der Waals surface area contributed by atoms with Crippen LogP contribution in [-0.2, 0) is 10.8 Å². The zero-order valence-corrected chi connectivity index (χ0v) is 9.74. The standard InChI is InChI=1S/C10H23NOS/c1-3-4-5-8-13(12)9-6-7-10(2)11/h10H,3-9,11H2,1-2H3. The Morgan fingerprint density at radius 3 is 2.38 bits per heavy atom. The molecule has 0 saturated carbocycles. The van der Waals surface area contributed by atoms with Gasteiger partial charge in [0.15, 0.2) is 0 Å². The Balaban J connectivity index is 3.20. The predicted octanol–water partition coefficient (Wildman–Crippen LogP) is 2.05. The van der Waals surface area contributed by atoms with Crippen molar-refractivity contribution >= 4 is 10.8 Å². The van der Waals surface area contributed by atoms with Crippen molar-refractivity contribution in [1.82, 2.24) is 0 Å². The first-order valence-corrected chi connectivity index (χ1v) is 6.76. The lowest BCUT2D eigenvalue weighted by molar-refractivity contribution is 0.641. The van der Waals surface area contributed by atoms with E-state index in [1.165, 1.54) is 12.8 Å². The van der Waals surface area contributed by atoms with Gasteiger partial charge < -0.3 is 5.73 Å². The van der Waals surface area contributed by atoms with Crippen LogP contribution in [0.25, 0.3) is 0 Å². The van der Waals surface area contributed by atoms with E-state index >= 15 is 0 Å². The zero-order valence-electron chi connectivity index (χ0n) is 8.92. The molecule has 2 unspecified atom stereocenters. The molecule has 0 radical (unpaired) electrons. The van der Waals surface area contributed by atoms with Gasteiger partial charge in [0.25, 0.3) is 0 Å². The van der Waals surface area contributed by atoms with Crippen LogP contribution >= 0.6 is 0 Å². The third kappa shape index (κ3) is 10.0. The average molecular weight is 205 g/mol. The van der Waals surface area contributed by atoms with E-state index in [1.54, 1.807) is 0 Å². The van der Waals surface area contributed by atoms with Crippen molar-refractivity contribution in [3.8, 4) is 0 Å². The second-order valence-corrected chi connectivity index (χ2v) is 5.37. The van der Waals surface area contributed by atoms with E-state index in [-0.39, 0.29) is 6.04 Å². The van der Waals surface area contributed by atoms with Gasteiger partial charge in [-0.3, -0.25) is 4.21 Å². The van der Waals surface area contributed by atoms with Crippen LogP contribution in [0.3, 0.4) is 0 Å². The molecule has 0 bridgehead atoms. The summed E-state index contributed by atoms with van der Waals surface area (Å²) in [6, 6.07) is 0.257. The molecule has 80 valence electrons. The van der Waals surface area contributed by atoms with E-state index in [9.17, 15) is 4.21 Å². The highest BCUT2D eigenvalue weighted by Crippen LogP contribution is 2.00. The zero-order chi connectivity index (χ0) is 10.1. The minimum atomic E-state index is -0.593. The van der Waals surface area contributed by atoms with E-state index < -0.39 is 10.8 Å². The van der Waals surface area contributed by atoms with Gasteiger partial charge in [-0.1, -0.05) is 19.8 Å². The molecular formula is C10H23NOS. The molecular weight excluding hydrogens is 182 g/mol. The Morgan fingerprint density at radius 1 is 1.23 bits per heavy atom. The van der Waals surface area contributed by atoms with E-state index in [0.717, 1.165) is 30.8 Å². The number of rotatable bonds is 8. The third-order valence-electron chi connectivity index (χ3n) is 2.01. The van der Waals surface area contributed by atoms with Gasteiger partial charge in [0.05, 0.1) is 0 Å². The first-order valence-electron chi connectivity index (χ1n) is 5.27. The van der Waals surface area contributed by atoms with Crippen LogP contribution < -0.4 is 5.73 Å². The van der Waals surface area contributed by atoms with E-state index in [1.807, 2.05) is 6.92 Å². The monoisotopic (exact) mass is 205 g/mol. The summed E-state index contributed by atoms with van der Waals surface area (Å²) < 4.78 is 11.4. The molecule has 0 spiro atoms. The first kappa shape index (κ1) is 13.1. The Labute approximate surface area is 84.7 Å². The summed E-state index contributed by atoms with van der Waals surface area (Å²) in [6.07, 6.45) is 5.53. The predicted molar refractivity (Wildman–Crippen MR) is 60.3 cm³/mol. The lowest BCUT2D eigenvalue weighted by Crippen LogP contribution is -2.15. The largest absolute Gasteiger partial charge is 0.328 e. The summed E-state index contributed by atoms with van der Waals surface area (Å²) in [6.45, 7) is 4.17. The molecule has 0 aliphatic carbocycles. The van der Waals surface area contributed by atoms with Crippen LogP contribution in [0.15, 0.2) is 0 Å². The second kappa shape index (κ2) is 8.70. The van der Waals surface area contributed by atoms with Crippen LogP contribution in [0.1, 0.15) is 46.0 Å². The summed E-state index contributed by atoms with van der Waals surface area (Å²) in [7, 11) is -0.593. The highest BCUT2D eigenvalue weighted by molar-refractivity contribution is 7.84. The van der Waals surface area contributed by atoms with Crippen LogP contribution in [-0.4, -0.2) is 21.8 Å². The molecule has 0 heterocycles. The van der Waals surface area contributed by atoms with Crippen LogP contribution in [0.5, 0.6) is 0 Å². The Kier molecular flexibility index (Phi) is 8.77. The van der Waals surface area contributed by atoms with Crippen LogP contribution in [0.2, 0.25) is 0 Å². The SMILES string of the molecule is CCCCCS(=O)CCCC(C)N. The maximum Gasteiger partial charge on any atom is 0.0235 e. The quantitative estimate of drug-likeness (QED) is 0.616. The van der Waals surface area contributed by atoms with Crippen LogP contribution in [0.4, 0.5) is 0 Å². The fourth-order valence-corrected chi connectivity index (χ4v) is 2.40. The molecule has 0 saturated heterocycles. The smallest absolute Gasteiger partial charge is 0.0235 e. The second-order valence-electron chi connectivity index (χ2n) is 3.67. The normalized spacial score (nSPS) is 15.6. The summed E-state index contributed by atoms with van der Waals surface area (Å²) in [5.74, 6) is 1.72. The number of hydrogen-bond acceptors (Lipinski definition) is 2. The number of hydrogen-bond donors (Lipinski definition) is 1. The molecule has 2 atom stereocenters. The maximum absolute atomic E-state index is 11.4. The third-order valence-corrected chi connectivity index (χ3v) is 3.50. The van der Waals surface area contributed by atoms with E-state index in [4.69, 9.17) is 5.73 Å². The Hall–Kier alpha value is 0.110. The Morgan fingerprint density at radius 2 is 1.85 bits per heavy atom. The molecule has 13 heavy (non-hydrogen) atoms. The van der Waals surface area contributed by atoms with Crippen molar-refractivity contribution in [3.05, 3.63) is 0 Å². The van der Waals surface area contributed by atoms with Gasteiger partial charge >= 0.3 is 0 Å². The first-order chi connectivity index (χ1) is 6.16. The fraction of sp³-hybridized carbons (Fsp3) is 1.00. The molecule has 0 aliphatic rings. The summed E-state index contributed by atoms with van der Waals surface area (Å²) in [5.41, 5.74) is 5.60. The Bertz CT molecular complexity index is 137. The van der Waals surface area contributed by atoms with Gasteiger partial charge in [0.1, 0.15) is 0 Å². The lowest BCUT2D eigenvalue weighted by Gasteiger charge is -2.04. The molecule has 0 fully saturated rings. The number of unbranched alkanes of at least 4 members (excludes halogenated alkanes) is 2. The molecule has 0 amide bonds. The highest BCUT2D eigenvalue weighted by atomic mass is 32.2. The van der Waals surface area contributed by atoms with Crippen molar-refractivity contribution in [2.75, 3.05) is 11.5 Å². The van der Waals surface area contributed by atoms with Gasteiger partial charge in [-0.2, -0.15) is 0 Å². The van der Waals surface area contributed by atoms with Gasteiger partial charge in [-0.25, -0.2) is 0 Å². The molecule has 0 aliphatic heterocycles. The average Bonchev–Trinajstić information content (AvgIpc) is 2.04. The van der Waals surface area contributed by atoms with Crippen molar-refractivity contribution in [3.63, 3.8) is 0 Å².